The molecule has 6 heteroatoms. The van der Waals surface area contributed by atoms with E-state index in [1.807, 2.05) is 6.07 Å². The van der Waals surface area contributed by atoms with E-state index in [0.29, 0.717) is 6.42 Å². The molecular weight excluding hydrogens is 455 g/mol. The van der Waals surface area contributed by atoms with Crippen LogP contribution in [0.25, 0.3) is 0 Å². The van der Waals surface area contributed by atoms with Gasteiger partial charge in [-0.2, -0.15) is 0 Å². The van der Waals surface area contributed by atoms with Crippen molar-refractivity contribution < 1.29 is 49.4 Å². The number of aliphatic carboxylic acids is 2. The van der Waals surface area contributed by atoms with E-state index in [2.05, 4.69) is 40.2 Å². The number of aryl methyl sites for hydroxylation is 1. The van der Waals surface area contributed by atoms with Crippen LogP contribution in [0.2, 0.25) is 0 Å². The summed E-state index contributed by atoms with van der Waals surface area (Å²) < 4.78 is 0. The van der Waals surface area contributed by atoms with Crippen LogP contribution in [0.1, 0.15) is 95.5 Å². The molecule has 0 saturated carbocycles. The largest absolute Gasteiger partial charge is 1.00 e. The Balaban J connectivity index is 0. The zero-order valence-corrected chi connectivity index (χ0v) is 22.3. The van der Waals surface area contributed by atoms with Crippen LogP contribution >= 0.6 is 15.9 Å². The van der Waals surface area contributed by atoms with E-state index in [0.717, 1.165) is 43.9 Å². The van der Waals surface area contributed by atoms with E-state index in [-0.39, 0.29) is 36.0 Å². The molecule has 1 rings (SSSR count). The summed E-state index contributed by atoms with van der Waals surface area (Å²) in [4.78, 5) is 20.3. The first kappa shape index (κ1) is 31.8. The molecular formula is C24H38BrNaO4. The van der Waals surface area contributed by atoms with Gasteiger partial charge in [-0.1, -0.05) is 97.6 Å². The van der Waals surface area contributed by atoms with E-state index < -0.39 is 11.9 Å². The van der Waals surface area contributed by atoms with Gasteiger partial charge in [-0.05, 0) is 44.1 Å². The molecule has 0 atom stereocenters. The second-order valence-electron chi connectivity index (χ2n) is 7.43. The Morgan fingerprint density at radius 3 is 1.70 bits per heavy atom. The number of hydrogen-bond acceptors (Lipinski definition) is 3. The second-order valence-corrected chi connectivity index (χ2v) is 8.23. The third kappa shape index (κ3) is 25.7. The summed E-state index contributed by atoms with van der Waals surface area (Å²) in [6.07, 6.45) is 15.1. The maximum absolute atomic E-state index is 10.3. The van der Waals surface area contributed by atoms with Gasteiger partial charge in [0.1, 0.15) is 0 Å². The van der Waals surface area contributed by atoms with Crippen molar-refractivity contribution >= 4 is 27.9 Å². The van der Waals surface area contributed by atoms with Gasteiger partial charge in [-0.3, -0.25) is 4.79 Å². The van der Waals surface area contributed by atoms with Crippen LogP contribution in [0.4, 0.5) is 0 Å². The van der Waals surface area contributed by atoms with E-state index >= 15 is 0 Å². The number of rotatable bonds is 17. The zero-order chi connectivity index (χ0) is 21.6. The minimum Gasteiger partial charge on any atom is -0.550 e. The van der Waals surface area contributed by atoms with E-state index in [1.165, 1.54) is 50.5 Å². The normalized spacial score (nSPS) is 9.90. The first-order valence-corrected chi connectivity index (χ1v) is 12.2. The smallest absolute Gasteiger partial charge is 0.550 e. The number of hydrogen-bond donors (Lipinski definition) is 1. The summed E-state index contributed by atoms with van der Waals surface area (Å²) >= 11 is 3.37. The Morgan fingerprint density at radius 2 is 1.20 bits per heavy atom. The standard InChI is InChI=1S/C15H22O2.C9H17BrO2.Na/c16-15(17)13-9-4-2-1-3-6-10-14-11-7-5-8-12-14;10-8-6-4-2-1-3-5-7-9(11)12;/h5,7-8,11-12H,1-4,6,9-10,13H2,(H,16,17);1-8H2,(H,11,12);/q;;+1/p-1. The van der Waals surface area contributed by atoms with Gasteiger partial charge in [0.2, 0.25) is 0 Å². The van der Waals surface area contributed by atoms with Crippen molar-refractivity contribution in [3.63, 3.8) is 0 Å². The van der Waals surface area contributed by atoms with Crippen LogP contribution < -0.4 is 34.7 Å². The van der Waals surface area contributed by atoms with Crippen LogP contribution in [-0.2, 0) is 16.0 Å². The molecule has 0 aliphatic rings. The van der Waals surface area contributed by atoms with E-state index in [4.69, 9.17) is 5.11 Å². The summed E-state index contributed by atoms with van der Waals surface area (Å²) in [7, 11) is 0. The van der Waals surface area contributed by atoms with Gasteiger partial charge in [0.25, 0.3) is 0 Å². The number of carbonyl (C=O) groups excluding carboxylic acids is 1. The number of carbonyl (C=O) groups is 2. The van der Waals surface area contributed by atoms with Crippen LogP contribution in [0, 0.1) is 0 Å². The molecule has 0 radical (unpaired) electrons. The van der Waals surface area contributed by atoms with Crippen LogP contribution in [-0.4, -0.2) is 22.4 Å². The predicted molar refractivity (Wildman–Crippen MR) is 121 cm³/mol. The molecule has 0 spiro atoms. The number of benzene rings is 1. The maximum atomic E-state index is 10.3. The monoisotopic (exact) mass is 492 g/mol. The molecule has 0 saturated heterocycles. The van der Waals surface area contributed by atoms with Crippen LogP contribution in [0.5, 0.6) is 0 Å². The molecule has 166 valence electrons. The van der Waals surface area contributed by atoms with Gasteiger partial charge in [0.05, 0.1) is 0 Å². The number of carboxylic acids is 2. The van der Waals surface area contributed by atoms with Crippen molar-refractivity contribution in [2.75, 3.05) is 5.33 Å². The molecule has 0 unspecified atom stereocenters. The molecule has 1 N–H and O–H groups in total. The van der Waals surface area contributed by atoms with Crippen molar-refractivity contribution in [1.82, 2.24) is 0 Å². The quantitative estimate of drug-likeness (QED) is 0.206. The fourth-order valence-electron chi connectivity index (χ4n) is 3.03. The average Bonchev–Trinajstić information content (AvgIpc) is 2.70. The molecule has 1 aromatic rings. The molecule has 0 aliphatic heterocycles. The van der Waals surface area contributed by atoms with E-state index in [1.54, 1.807) is 0 Å². The van der Waals surface area contributed by atoms with Crippen molar-refractivity contribution in [2.24, 2.45) is 0 Å². The Hall–Kier alpha value is -0.360. The first-order valence-electron chi connectivity index (χ1n) is 11.1. The molecule has 0 fully saturated rings. The fourth-order valence-corrected chi connectivity index (χ4v) is 3.42. The van der Waals surface area contributed by atoms with Crippen molar-refractivity contribution in [1.29, 1.82) is 0 Å². The molecule has 0 amide bonds. The Morgan fingerprint density at radius 1 is 0.733 bits per heavy atom. The van der Waals surface area contributed by atoms with Gasteiger partial charge < -0.3 is 15.0 Å². The topological polar surface area (TPSA) is 77.4 Å². The number of unbranched alkanes of at least 4 members (excludes halogenated alkanes) is 10. The summed E-state index contributed by atoms with van der Waals surface area (Å²) in [6, 6.07) is 10.6. The van der Waals surface area contributed by atoms with Crippen molar-refractivity contribution in [3.8, 4) is 0 Å². The molecule has 0 aliphatic carbocycles. The number of carboxylic acid groups (broad SMARTS) is 2. The summed E-state index contributed by atoms with van der Waals surface area (Å²) in [6.45, 7) is 0. The average molecular weight is 493 g/mol. The van der Waals surface area contributed by atoms with Gasteiger partial charge in [0.15, 0.2) is 0 Å². The fraction of sp³-hybridized carbons (Fsp3) is 0.667. The number of alkyl halides is 1. The van der Waals surface area contributed by atoms with Crippen molar-refractivity contribution in [2.45, 2.75) is 96.3 Å². The van der Waals surface area contributed by atoms with Crippen molar-refractivity contribution in [3.05, 3.63) is 35.9 Å². The minimum absolute atomic E-state index is 0. The SMILES string of the molecule is O=C(O)CCCCCCCCc1ccccc1.O=C([O-])CCCCCCCCBr.[Na+]. The molecule has 0 heterocycles. The first-order chi connectivity index (χ1) is 14.1. The number of halogens is 1. The third-order valence-electron chi connectivity index (χ3n) is 4.71. The Labute approximate surface area is 213 Å². The minimum atomic E-state index is -0.921. The molecule has 4 nitrogen and oxygen atoms in total. The molecule has 30 heavy (non-hydrogen) atoms. The predicted octanol–water partition coefficient (Wildman–Crippen LogP) is 2.91. The summed E-state index contributed by atoms with van der Waals surface area (Å²) in [5.41, 5.74) is 1.42. The van der Waals surface area contributed by atoms with Crippen LogP contribution in [0.3, 0.4) is 0 Å². The van der Waals surface area contributed by atoms with Gasteiger partial charge >= 0.3 is 35.5 Å². The maximum Gasteiger partial charge on any atom is 1.00 e. The van der Waals surface area contributed by atoms with Gasteiger partial charge in [-0.25, -0.2) is 0 Å². The van der Waals surface area contributed by atoms with E-state index in [9.17, 15) is 14.7 Å². The summed E-state index contributed by atoms with van der Waals surface area (Å²) in [5.74, 6) is -1.59. The second kappa shape index (κ2) is 24.9. The Kier molecular flexibility index (Phi) is 26.4. The molecule has 0 bridgehead atoms. The van der Waals surface area contributed by atoms with Gasteiger partial charge in [0, 0.05) is 17.7 Å². The molecule has 1 aromatic carbocycles. The van der Waals surface area contributed by atoms with Gasteiger partial charge in [-0.15, -0.1) is 0 Å². The van der Waals surface area contributed by atoms with Crippen LogP contribution in [0.15, 0.2) is 30.3 Å². The third-order valence-corrected chi connectivity index (χ3v) is 5.27. The summed E-state index contributed by atoms with van der Waals surface area (Å²) in [5, 5.41) is 19.6. The Bertz CT molecular complexity index is 511. The zero-order valence-electron chi connectivity index (χ0n) is 18.8. The molecule has 0 aromatic heterocycles.